The predicted octanol–water partition coefficient (Wildman–Crippen LogP) is 3.78. The molecule has 2 amide bonds. The Morgan fingerprint density at radius 1 is 1.09 bits per heavy atom. The molecule has 3 heterocycles. The lowest BCUT2D eigenvalue weighted by Gasteiger charge is -2.35. The van der Waals surface area contributed by atoms with Crippen LogP contribution in [-0.4, -0.2) is 59.0 Å². The van der Waals surface area contributed by atoms with E-state index in [1.165, 1.54) is 32.1 Å². The monoisotopic (exact) mass is 442 g/mol. The summed E-state index contributed by atoms with van der Waals surface area (Å²) in [6, 6.07) is 0. The number of carbonyl (C=O) groups is 2. The van der Waals surface area contributed by atoms with E-state index in [1.807, 2.05) is 30.6 Å². The van der Waals surface area contributed by atoms with Crippen molar-refractivity contribution in [2.45, 2.75) is 90.6 Å². The lowest BCUT2D eigenvalue weighted by molar-refractivity contribution is -0.138. The molecule has 4 rings (SSSR count). The summed E-state index contributed by atoms with van der Waals surface area (Å²) >= 11 is 0. The van der Waals surface area contributed by atoms with Crippen molar-refractivity contribution < 1.29 is 14.3 Å². The molecule has 32 heavy (non-hydrogen) atoms. The van der Waals surface area contributed by atoms with Crippen molar-refractivity contribution in [3.8, 4) is 0 Å². The number of hydrogen-bond acceptors (Lipinski definition) is 5. The van der Waals surface area contributed by atoms with Crippen molar-refractivity contribution in [3.63, 3.8) is 0 Å². The van der Waals surface area contributed by atoms with Gasteiger partial charge in [0.25, 0.3) is 0 Å². The van der Waals surface area contributed by atoms with Gasteiger partial charge < -0.3 is 9.64 Å². The van der Waals surface area contributed by atoms with Gasteiger partial charge in [-0.2, -0.15) is 0 Å². The minimum absolute atomic E-state index is 0.0344. The Hall–Kier alpha value is -2.02. The fourth-order valence-corrected chi connectivity index (χ4v) is 5.35. The van der Waals surface area contributed by atoms with Gasteiger partial charge in [-0.1, -0.05) is 19.3 Å². The number of likely N-dealkylation sites (tertiary alicyclic amines) is 1. The van der Waals surface area contributed by atoms with E-state index in [0.717, 1.165) is 55.3 Å². The number of aromatic nitrogens is 2. The highest BCUT2D eigenvalue weighted by molar-refractivity contribution is 5.95. The second kappa shape index (κ2) is 10.3. The van der Waals surface area contributed by atoms with Crippen LogP contribution in [0.3, 0.4) is 0 Å². The van der Waals surface area contributed by atoms with Crippen molar-refractivity contribution in [2.75, 3.05) is 31.1 Å². The molecule has 1 saturated carbocycles. The first-order valence-electron chi connectivity index (χ1n) is 12.5. The minimum atomic E-state index is 0.0344. The number of ether oxygens (including phenoxy) is 1. The zero-order valence-corrected chi connectivity index (χ0v) is 19.9. The molecule has 0 bridgehead atoms. The Morgan fingerprint density at radius 2 is 1.88 bits per heavy atom. The number of anilines is 1. The molecule has 0 spiro atoms. The molecule has 0 aromatic carbocycles. The normalized spacial score (nSPS) is 22.4. The molecule has 1 atom stereocenters. The molecule has 176 valence electrons. The highest BCUT2D eigenvalue weighted by Crippen LogP contribution is 2.34. The first-order chi connectivity index (χ1) is 15.4. The molecular weight excluding hydrogens is 404 g/mol. The Kier molecular flexibility index (Phi) is 7.44. The van der Waals surface area contributed by atoms with Gasteiger partial charge in [0.15, 0.2) is 0 Å². The molecule has 3 aliphatic rings. The number of aryl methyl sites for hydroxylation is 1. The van der Waals surface area contributed by atoms with Gasteiger partial charge in [0.1, 0.15) is 18.2 Å². The highest BCUT2D eigenvalue weighted by Gasteiger charge is 2.33. The number of fused-ring (bicyclic) bond motifs is 1. The summed E-state index contributed by atoms with van der Waals surface area (Å²) in [6.45, 7) is 8.21. The third-order valence-electron chi connectivity index (χ3n) is 7.20. The van der Waals surface area contributed by atoms with Gasteiger partial charge in [-0.25, -0.2) is 9.97 Å². The van der Waals surface area contributed by atoms with Crippen molar-refractivity contribution in [2.24, 2.45) is 5.92 Å². The van der Waals surface area contributed by atoms with Crippen LogP contribution in [0.2, 0.25) is 0 Å². The summed E-state index contributed by atoms with van der Waals surface area (Å²) in [5.74, 6) is 2.52. The maximum atomic E-state index is 12.9. The fraction of sp³-hybridized carbons (Fsp3) is 0.760. The predicted molar refractivity (Wildman–Crippen MR) is 124 cm³/mol. The number of nitrogens with zero attached hydrogens (tertiary/aromatic N) is 4. The van der Waals surface area contributed by atoms with Gasteiger partial charge in [-0.15, -0.1) is 0 Å². The molecule has 0 unspecified atom stereocenters. The smallest absolute Gasteiger partial charge is 0.248 e. The molecule has 1 saturated heterocycles. The SMILES string of the molecule is Cc1nc([C@@H]2CCCN(C(=O)COC(C)C)C2)nc2c1CCC(=O)N2CC1CCCCC1. The number of piperidine rings is 1. The second-order valence-corrected chi connectivity index (χ2v) is 10.0. The average Bonchev–Trinajstić information content (AvgIpc) is 2.80. The Balaban J connectivity index is 1.53. The standard InChI is InChI=1S/C25H38N4O3/c1-17(2)32-16-23(31)28-13-7-10-20(15-28)24-26-18(3)21-11-12-22(30)29(25(21)27-24)14-19-8-5-4-6-9-19/h17,19-20H,4-16H2,1-3H3/t20-/m1/s1. The van der Waals surface area contributed by atoms with E-state index >= 15 is 0 Å². The van der Waals surface area contributed by atoms with Crippen LogP contribution in [0.1, 0.15) is 88.2 Å². The molecule has 0 N–H and O–H groups in total. The maximum absolute atomic E-state index is 12.9. The Labute approximate surface area is 191 Å². The largest absolute Gasteiger partial charge is 0.369 e. The van der Waals surface area contributed by atoms with E-state index in [1.54, 1.807) is 0 Å². The summed E-state index contributed by atoms with van der Waals surface area (Å²) in [5, 5.41) is 0. The Morgan fingerprint density at radius 3 is 2.62 bits per heavy atom. The number of rotatable bonds is 6. The molecule has 0 radical (unpaired) electrons. The minimum Gasteiger partial charge on any atom is -0.369 e. The average molecular weight is 443 g/mol. The highest BCUT2D eigenvalue weighted by atomic mass is 16.5. The van der Waals surface area contributed by atoms with Gasteiger partial charge in [-0.05, 0) is 58.8 Å². The lowest BCUT2D eigenvalue weighted by Crippen LogP contribution is -2.43. The van der Waals surface area contributed by atoms with Gasteiger partial charge in [0.2, 0.25) is 11.8 Å². The molecule has 7 heteroatoms. The van der Waals surface area contributed by atoms with E-state index in [9.17, 15) is 9.59 Å². The van der Waals surface area contributed by atoms with Crippen molar-refractivity contribution in [1.82, 2.24) is 14.9 Å². The van der Waals surface area contributed by atoms with Crippen LogP contribution in [-0.2, 0) is 20.7 Å². The van der Waals surface area contributed by atoms with Crippen molar-refractivity contribution in [1.29, 1.82) is 0 Å². The van der Waals surface area contributed by atoms with Crippen LogP contribution in [0, 0.1) is 12.8 Å². The van der Waals surface area contributed by atoms with Crippen molar-refractivity contribution >= 4 is 17.6 Å². The van der Waals surface area contributed by atoms with Gasteiger partial charge in [0.05, 0.1) is 6.10 Å². The Bertz CT molecular complexity index is 835. The van der Waals surface area contributed by atoms with Crippen LogP contribution < -0.4 is 4.90 Å². The third-order valence-corrected chi connectivity index (χ3v) is 7.20. The molecule has 2 fully saturated rings. The molecule has 7 nitrogen and oxygen atoms in total. The van der Waals surface area contributed by atoms with E-state index in [-0.39, 0.29) is 30.4 Å². The molecule has 2 aliphatic heterocycles. The first-order valence-corrected chi connectivity index (χ1v) is 12.5. The van der Waals surface area contributed by atoms with Crippen LogP contribution in [0.4, 0.5) is 5.82 Å². The summed E-state index contributed by atoms with van der Waals surface area (Å²) in [6.07, 6.45) is 9.45. The number of hydrogen-bond donors (Lipinski definition) is 0. The maximum Gasteiger partial charge on any atom is 0.248 e. The second-order valence-electron chi connectivity index (χ2n) is 10.0. The van der Waals surface area contributed by atoms with Crippen LogP contribution in [0.5, 0.6) is 0 Å². The van der Waals surface area contributed by atoms with Crippen LogP contribution in [0.15, 0.2) is 0 Å². The van der Waals surface area contributed by atoms with E-state index in [2.05, 4.69) is 0 Å². The van der Waals surface area contributed by atoms with E-state index < -0.39 is 0 Å². The van der Waals surface area contributed by atoms with E-state index in [0.29, 0.717) is 18.9 Å². The summed E-state index contributed by atoms with van der Waals surface area (Å²) < 4.78 is 5.52. The van der Waals surface area contributed by atoms with Gasteiger partial charge in [-0.3, -0.25) is 14.5 Å². The summed E-state index contributed by atoms with van der Waals surface area (Å²) in [7, 11) is 0. The van der Waals surface area contributed by atoms with Crippen molar-refractivity contribution in [3.05, 3.63) is 17.1 Å². The zero-order valence-electron chi connectivity index (χ0n) is 19.9. The van der Waals surface area contributed by atoms with Gasteiger partial charge in [0, 0.05) is 43.2 Å². The topological polar surface area (TPSA) is 75.6 Å². The molecule has 1 aliphatic carbocycles. The molecule has 1 aromatic rings. The summed E-state index contributed by atoms with van der Waals surface area (Å²) in [4.78, 5) is 39.2. The van der Waals surface area contributed by atoms with E-state index in [4.69, 9.17) is 14.7 Å². The molecule has 1 aromatic heterocycles. The molecular formula is C25H38N4O3. The number of amides is 2. The lowest BCUT2D eigenvalue weighted by atomic mass is 9.88. The van der Waals surface area contributed by atoms with Gasteiger partial charge >= 0.3 is 0 Å². The zero-order chi connectivity index (χ0) is 22.7. The number of carbonyl (C=O) groups excluding carboxylic acids is 2. The third kappa shape index (κ3) is 5.30. The fourth-order valence-electron chi connectivity index (χ4n) is 5.35. The van der Waals surface area contributed by atoms with Crippen LogP contribution >= 0.6 is 0 Å². The van der Waals surface area contributed by atoms with Crippen LogP contribution in [0.25, 0.3) is 0 Å². The first kappa shape index (κ1) is 23.1. The summed E-state index contributed by atoms with van der Waals surface area (Å²) in [5.41, 5.74) is 2.11. The quantitative estimate of drug-likeness (QED) is 0.670.